The van der Waals surface area contributed by atoms with E-state index in [0.717, 1.165) is 67.9 Å². The number of likely N-dealkylation sites (tertiary alicyclic amines) is 1. The number of nitrogen functional groups attached to an aromatic ring is 1. The number of halogens is 1. The van der Waals surface area contributed by atoms with Crippen LogP contribution in [0, 0.1) is 6.92 Å². The molecule has 2 N–H and O–H groups in total. The molecular weight excluding hydrogens is 465 g/mol. The predicted octanol–water partition coefficient (Wildman–Crippen LogP) is 6.53. The van der Waals surface area contributed by atoms with Gasteiger partial charge in [-0.05, 0) is 110 Å². The molecule has 1 aromatic heterocycles. The van der Waals surface area contributed by atoms with Gasteiger partial charge in [0.1, 0.15) is 6.10 Å². The van der Waals surface area contributed by atoms with Gasteiger partial charge in [0, 0.05) is 37.6 Å². The maximum atomic E-state index is 12.5. The predicted molar refractivity (Wildman–Crippen MR) is 150 cm³/mol. The summed E-state index contributed by atoms with van der Waals surface area (Å²) in [7, 11) is 1.65. The second kappa shape index (κ2) is 12.4. The van der Waals surface area contributed by atoms with Crippen molar-refractivity contribution in [1.29, 1.82) is 0 Å². The SMILES string of the molecule is COc1cc(C)c(C2=C(/C(C)=C/C=C(\C)O[C@H]3CCN(CCCF)C3)c3ccc(N)cc3CCC2)cn1. The number of fused-ring (bicyclic) bond motifs is 1. The number of rotatable bonds is 9. The summed E-state index contributed by atoms with van der Waals surface area (Å²) in [6.07, 6.45) is 10.9. The number of anilines is 1. The van der Waals surface area contributed by atoms with Crippen LogP contribution >= 0.6 is 0 Å². The first-order valence-electron chi connectivity index (χ1n) is 13.3. The van der Waals surface area contributed by atoms with Gasteiger partial charge in [0.05, 0.1) is 19.5 Å². The van der Waals surface area contributed by atoms with Crippen LogP contribution in [0.3, 0.4) is 0 Å². The fourth-order valence-corrected chi connectivity index (χ4v) is 5.49. The number of nitrogens with two attached hydrogens (primary N) is 1. The molecule has 37 heavy (non-hydrogen) atoms. The fraction of sp³-hybridized carbons (Fsp3) is 0.452. The monoisotopic (exact) mass is 505 g/mol. The van der Waals surface area contributed by atoms with Gasteiger partial charge in [-0.25, -0.2) is 4.98 Å². The van der Waals surface area contributed by atoms with Crippen molar-refractivity contribution < 1.29 is 13.9 Å². The smallest absolute Gasteiger partial charge is 0.213 e. The van der Waals surface area contributed by atoms with Crippen LogP contribution in [0.25, 0.3) is 11.1 Å². The van der Waals surface area contributed by atoms with Gasteiger partial charge in [-0.3, -0.25) is 9.29 Å². The van der Waals surface area contributed by atoms with Crippen LogP contribution in [0.1, 0.15) is 61.8 Å². The molecule has 0 spiro atoms. The minimum atomic E-state index is -0.259. The summed E-state index contributed by atoms with van der Waals surface area (Å²) >= 11 is 0. The van der Waals surface area contributed by atoms with Crippen LogP contribution in [0.15, 0.2) is 53.9 Å². The van der Waals surface area contributed by atoms with E-state index in [-0.39, 0.29) is 12.8 Å². The number of ether oxygens (including phenoxy) is 2. The molecule has 2 aliphatic rings. The largest absolute Gasteiger partial charge is 0.494 e. The number of hydrogen-bond donors (Lipinski definition) is 1. The molecule has 1 aliphatic heterocycles. The lowest BCUT2D eigenvalue weighted by atomic mass is 9.87. The Balaban J connectivity index is 1.67. The number of allylic oxidation sites excluding steroid dienone is 6. The molecule has 1 atom stereocenters. The maximum absolute atomic E-state index is 12.5. The van der Waals surface area contributed by atoms with Crippen LogP contribution in [0.4, 0.5) is 10.1 Å². The molecule has 1 fully saturated rings. The summed E-state index contributed by atoms with van der Waals surface area (Å²) in [4.78, 5) is 6.82. The molecule has 0 unspecified atom stereocenters. The minimum Gasteiger partial charge on any atom is -0.494 e. The van der Waals surface area contributed by atoms with Crippen LogP contribution in [-0.4, -0.2) is 49.4 Å². The van der Waals surface area contributed by atoms with Crippen LogP contribution in [0.2, 0.25) is 0 Å². The number of methoxy groups -OCH3 is 1. The zero-order valence-electron chi connectivity index (χ0n) is 22.6. The van der Waals surface area contributed by atoms with Gasteiger partial charge in [-0.1, -0.05) is 12.1 Å². The van der Waals surface area contributed by atoms with Crippen LogP contribution in [-0.2, 0) is 11.2 Å². The summed E-state index contributed by atoms with van der Waals surface area (Å²) in [5.74, 6) is 1.52. The molecular formula is C31H40FN3O2. The van der Waals surface area contributed by atoms with E-state index in [4.69, 9.17) is 15.2 Å². The molecule has 6 heteroatoms. The van der Waals surface area contributed by atoms with Crippen molar-refractivity contribution in [2.45, 2.75) is 59.0 Å². The molecule has 198 valence electrons. The first kappa shape index (κ1) is 26.9. The van der Waals surface area contributed by atoms with E-state index in [1.165, 1.54) is 27.8 Å². The van der Waals surface area contributed by atoms with E-state index in [1.54, 1.807) is 7.11 Å². The van der Waals surface area contributed by atoms with Crippen molar-refractivity contribution in [1.82, 2.24) is 9.88 Å². The third-order valence-corrected chi connectivity index (χ3v) is 7.35. The number of pyridine rings is 1. The highest BCUT2D eigenvalue weighted by Crippen LogP contribution is 2.41. The Morgan fingerprint density at radius 3 is 2.78 bits per heavy atom. The average molecular weight is 506 g/mol. The Labute approximate surface area is 220 Å². The number of aromatic nitrogens is 1. The normalized spacial score (nSPS) is 19.1. The molecule has 0 bridgehead atoms. The molecule has 1 aliphatic carbocycles. The molecule has 2 heterocycles. The fourth-order valence-electron chi connectivity index (χ4n) is 5.49. The number of aryl methyl sites for hydroxylation is 2. The Bertz CT molecular complexity index is 1200. The third kappa shape index (κ3) is 6.61. The lowest BCUT2D eigenvalue weighted by Crippen LogP contribution is -2.24. The van der Waals surface area contributed by atoms with Crippen LogP contribution in [0.5, 0.6) is 5.88 Å². The summed E-state index contributed by atoms with van der Waals surface area (Å²) in [6.45, 7) is 8.69. The van der Waals surface area contributed by atoms with E-state index in [0.29, 0.717) is 12.3 Å². The quantitative estimate of drug-likeness (QED) is 0.239. The molecule has 5 nitrogen and oxygen atoms in total. The Morgan fingerprint density at radius 2 is 2.03 bits per heavy atom. The summed E-state index contributed by atoms with van der Waals surface area (Å²) < 4.78 is 24.1. The van der Waals surface area contributed by atoms with Gasteiger partial charge < -0.3 is 15.2 Å². The Morgan fingerprint density at radius 1 is 1.19 bits per heavy atom. The van der Waals surface area contributed by atoms with Gasteiger partial charge in [0.25, 0.3) is 0 Å². The van der Waals surface area contributed by atoms with Crippen molar-refractivity contribution in [2.24, 2.45) is 0 Å². The van der Waals surface area contributed by atoms with Gasteiger partial charge in [-0.15, -0.1) is 0 Å². The summed E-state index contributed by atoms with van der Waals surface area (Å²) in [6, 6.07) is 8.27. The highest BCUT2D eigenvalue weighted by Gasteiger charge is 2.24. The number of hydrogen-bond acceptors (Lipinski definition) is 5. The van der Waals surface area contributed by atoms with Crippen molar-refractivity contribution >= 4 is 16.8 Å². The minimum absolute atomic E-state index is 0.161. The molecule has 2 aromatic rings. The highest BCUT2D eigenvalue weighted by atomic mass is 19.1. The van der Waals surface area contributed by atoms with Gasteiger partial charge in [0.15, 0.2) is 0 Å². The topological polar surface area (TPSA) is 60.6 Å². The van der Waals surface area contributed by atoms with Crippen molar-refractivity contribution in [3.8, 4) is 5.88 Å². The van der Waals surface area contributed by atoms with E-state index in [9.17, 15) is 4.39 Å². The average Bonchev–Trinajstić information content (AvgIpc) is 3.24. The maximum Gasteiger partial charge on any atom is 0.213 e. The van der Waals surface area contributed by atoms with Crippen LogP contribution < -0.4 is 10.5 Å². The molecule has 0 radical (unpaired) electrons. The standard InChI is InChI=1S/C31H40FN3O2/c1-21(9-10-23(3)37-26-13-16-35(20-26)15-6-14-32)31-27-12-11-25(33)18-24(27)7-5-8-28(31)29-19-34-30(36-4)17-22(29)2/h9-12,17-19,26H,5-8,13-16,20,33H2,1-4H3/b21-9+,23-10+/t26-/m0/s1. The van der Waals surface area contributed by atoms with Crippen molar-refractivity contribution in [2.75, 3.05) is 39.2 Å². The van der Waals surface area contributed by atoms with Gasteiger partial charge in [-0.2, -0.15) is 0 Å². The highest BCUT2D eigenvalue weighted by molar-refractivity contribution is 6.00. The summed E-state index contributed by atoms with van der Waals surface area (Å²) in [5, 5.41) is 0. The van der Waals surface area contributed by atoms with E-state index >= 15 is 0 Å². The third-order valence-electron chi connectivity index (χ3n) is 7.35. The second-order valence-corrected chi connectivity index (χ2v) is 10.2. The second-order valence-electron chi connectivity index (χ2n) is 10.2. The number of nitrogens with zero attached hydrogens (tertiary/aromatic N) is 2. The summed E-state index contributed by atoms with van der Waals surface area (Å²) in [5.41, 5.74) is 15.5. The van der Waals surface area contributed by atoms with E-state index < -0.39 is 0 Å². The first-order valence-corrected chi connectivity index (χ1v) is 13.3. The van der Waals surface area contributed by atoms with Gasteiger partial charge >= 0.3 is 0 Å². The van der Waals surface area contributed by atoms with Crippen molar-refractivity contribution in [3.63, 3.8) is 0 Å². The molecule has 1 saturated heterocycles. The number of benzene rings is 1. The lowest BCUT2D eigenvalue weighted by molar-refractivity contribution is 0.121. The molecule has 1 aromatic carbocycles. The molecule has 4 rings (SSSR count). The van der Waals surface area contributed by atoms with Crippen molar-refractivity contribution in [3.05, 3.63) is 76.2 Å². The Kier molecular flexibility index (Phi) is 9.04. The molecule has 0 amide bonds. The molecule has 0 saturated carbocycles. The van der Waals surface area contributed by atoms with Gasteiger partial charge in [0.2, 0.25) is 5.88 Å². The van der Waals surface area contributed by atoms with E-state index in [2.05, 4.69) is 48.0 Å². The zero-order valence-corrected chi connectivity index (χ0v) is 22.6. The van der Waals surface area contributed by atoms with E-state index in [1.807, 2.05) is 25.3 Å². The first-order chi connectivity index (χ1) is 17.9. The Hall–Kier alpha value is -3.12. The zero-order chi connectivity index (χ0) is 26.4. The number of alkyl halides is 1. The lowest BCUT2D eigenvalue weighted by Gasteiger charge is -2.19.